The van der Waals surface area contributed by atoms with Crippen molar-refractivity contribution in [2.45, 2.75) is 0 Å². The van der Waals surface area contributed by atoms with Crippen LogP contribution in [-0.4, -0.2) is 40.0 Å². The topological polar surface area (TPSA) is 70.5 Å². The van der Waals surface area contributed by atoms with E-state index in [1.54, 1.807) is 0 Å². The summed E-state index contributed by atoms with van der Waals surface area (Å²) in [7, 11) is 0. The molecule has 0 atom stereocenters. The van der Waals surface area contributed by atoms with Crippen LogP contribution in [0.2, 0.25) is 0 Å². The molecule has 6 heteroatoms. The number of hydrogen-bond donors (Lipinski definition) is 1. The van der Waals surface area contributed by atoms with Crippen molar-refractivity contribution in [3.63, 3.8) is 0 Å². The molecule has 17 heavy (non-hydrogen) atoms. The molecular weight excluding hydrogens is 227 g/mol. The van der Waals surface area contributed by atoms with Crippen LogP contribution in [0.3, 0.4) is 0 Å². The number of carboxylic acid groups (broad SMARTS) is 1. The SMILES string of the molecule is C#CCN(CC(=O)O)C(=O)c1ccc(F)nc1. The number of terminal acetylenes is 1. The number of carbonyl (C=O) groups is 2. The van der Waals surface area contributed by atoms with Crippen molar-refractivity contribution in [2.75, 3.05) is 13.1 Å². The zero-order valence-electron chi connectivity index (χ0n) is 8.76. The molecule has 0 saturated carbocycles. The van der Waals surface area contributed by atoms with Gasteiger partial charge < -0.3 is 10.0 Å². The van der Waals surface area contributed by atoms with Crippen LogP contribution in [0.15, 0.2) is 18.3 Å². The fraction of sp³-hybridized carbons (Fsp3) is 0.182. The monoisotopic (exact) mass is 236 g/mol. The number of hydrogen-bond acceptors (Lipinski definition) is 3. The normalized spacial score (nSPS) is 9.41. The molecule has 0 aliphatic carbocycles. The number of halogens is 1. The Morgan fingerprint density at radius 1 is 1.53 bits per heavy atom. The van der Waals surface area contributed by atoms with E-state index in [4.69, 9.17) is 11.5 Å². The van der Waals surface area contributed by atoms with Crippen LogP contribution in [0.4, 0.5) is 4.39 Å². The first-order valence-corrected chi connectivity index (χ1v) is 4.60. The second-order valence-corrected chi connectivity index (χ2v) is 3.13. The highest BCUT2D eigenvalue weighted by Crippen LogP contribution is 2.04. The Kier molecular flexibility index (Phi) is 4.17. The Balaban J connectivity index is 2.88. The van der Waals surface area contributed by atoms with E-state index in [0.717, 1.165) is 17.2 Å². The first-order chi connectivity index (χ1) is 8.04. The number of rotatable bonds is 4. The minimum atomic E-state index is -1.18. The molecule has 1 heterocycles. The Labute approximate surface area is 96.9 Å². The fourth-order valence-electron chi connectivity index (χ4n) is 1.16. The third-order valence-electron chi connectivity index (χ3n) is 1.87. The van der Waals surface area contributed by atoms with Crippen molar-refractivity contribution in [2.24, 2.45) is 0 Å². The minimum Gasteiger partial charge on any atom is -0.480 e. The molecule has 0 aliphatic heterocycles. The summed E-state index contributed by atoms with van der Waals surface area (Å²) in [4.78, 5) is 26.6. The van der Waals surface area contributed by atoms with Gasteiger partial charge in [0, 0.05) is 6.20 Å². The Morgan fingerprint density at radius 3 is 2.71 bits per heavy atom. The maximum absolute atomic E-state index is 12.5. The third-order valence-corrected chi connectivity index (χ3v) is 1.87. The van der Waals surface area contributed by atoms with E-state index >= 15 is 0 Å². The maximum atomic E-state index is 12.5. The molecule has 0 spiro atoms. The summed E-state index contributed by atoms with van der Waals surface area (Å²) in [6, 6.07) is 2.23. The number of aromatic nitrogens is 1. The van der Waals surface area contributed by atoms with Crippen LogP contribution in [-0.2, 0) is 4.79 Å². The van der Waals surface area contributed by atoms with Gasteiger partial charge in [-0.1, -0.05) is 5.92 Å². The molecule has 0 radical (unpaired) electrons. The zero-order valence-corrected chi connectivity index (χ0v) is 8.76. The molecule has 1 rings (SSSR count). The lowest BCUT2D eigenvalue weighted by Gasteiger charge is -2.17. The van der Waals surface area contributed by atoms with Gasteiger partial charge in [-0.15, -0.1) is 6.42 Å². The molecule has 1 N–H and O–H groups in total. The Hall–Kier alpha value is -2.42. The van der Waals surface area contributed by atoms with Gasteiger partial charge in [0.2, 0.25) is 5.95 Å². The number of nitrogens with zero attached hydrogens (tertiary/aromatic N) is 2. The lowest BCUT2D eigenvalue weighted by molar-refractivity contribution is -0.137. The summed E-state index contributed by atoms with van der Waals surface area (Å²) in [5, 5.41) is 8.61. The summed E-state index contributed by atoms with van der Waals surface area (Å²) in [5.41, 5.74) is 0.0860. The predicted octanol–water partition coefficient (Wildman–Crippen LogP) is 0.381. The van der Waals surface area contributed by atoms with E-state index in [0.29, 0.717) is 0 Å². The molecular formula is C11H9FN2O3. The van der Waals surface area contributed by atoms with Crippen molar-refractivity contribution >= 4 is 11.9 Å². The second kappa shape index (κ2) is 5.61. The molecule has 0 unspecified atom stereocenters. The number of carboxylic acids is 1. The van der Waals surface area contributed by atoms with E-state index in [9.17, 15) is 14.0 Å². The largest absolute Gasteiger partial charge is 0.480 e. The standard InChI is InChI=1S/C11H9FN2O3/c1-2-5-14(7-10(15)16)11(17)8-3-4-9(12)13-6-8/h1,3-4,6H,5,7H2,(H,15,16). The van der Waals surface area contributed by atoms with Gasteiger partial charge >= 0.3 is 5.97 Å². The highest BCUT2D eigenvalue weighted by molar-refractivity contribution is 5.95. The molecule has 0 aliphatic rings. The molecule has 1 amide bonds. The van der Waals surface area contributed by atoms with Gasteiger partial charge in [0.25, 0.3) is 5.91 Å². The van der Waals surface area contributed by atoms with Gasteiger partial charge in [-0.25, -0.2) is 4.98 Å². The van der Waals surface area contributed by atoms with E-state index in [2.05, 4.69) is 10.9 Å². The summed E-state index contributed by atoms with van der Waals surface area (Å²) in [6.07, 6.45) is 6.06. The summed E-state index contributed by atoms with van der Waals surface area (Å²) >= 11 is 0. The highest BCUT2D eigenvalue weighted by Gasteiger charge is 2.17. The zero-order chi connectivity index (χ0) is 12.8. The highest BCUT2D eigenvalue weighted by atomic mass is 19.1. The predicted molar refractivity (Wildman–Crippen MR) is 56.6 cm³/mol. The average Bonchev–Trinajstić information content (AvgIpc) is 2.28. The summed E-state index contributed by atoms with van der Waals surface area (Å²) < 4.78 is 12.5. The Morgan fingerprint density at radius 2 is 2.24 bits per heavy atom. The lowest BCUT2D eigenvalue weighted by atomic mass is 10.2. The number of aliphatic carboxylic acids is 1. The van der Waals surface area contributed by atoms with Crippen LogP contribution in [0.25, 0.3) is 0 Å². The van der Waals surface area contributed by atoms with Crippen LogP contribution in [0, 0.1) is 18.3 Å². The van der Waals surface area contributed by atoms with Gasteiger partial charge in [-0.05, 0) is 12.1 Å². The third kappa shape index (κ3) is 3.57. The molecule has 88 valence electrons. The first-order valence-electron chi connectivity index (χ1n) is 4.60. The fourth-order valence-corrected chi connectivity index (χ4v) is 1.16. The van der Waals surface area contributed by atoms with Gasteiger partial charge in [0.15, 0.2) is 0 Å². The number of amides is 1. The van der Waals surface area contributed by atoms with Gasteiger partial charge in [0.1, 0.15) is 6.54 Å². The van der Waals surface area contributed by atoms with E-state index in [1.165, 1.54) is 6.07 Å². The van der Waals surface area contributed by atoms with E-state index in [-0.39, 0.29) is 12.1 Å². The van der Waals surface area contributed by atoms with Crippen LogP contribution in [0.5, 0.6) is 0 Å². The maximum Gasteiger partial charge on any atom is 0.323 e. The van der Waals surface area contributed by atoms with Crippen molar-refractivity contribution in [3.8, 4) is 12.3 Å². The Bertz CT molecular complexity index is 465. The molecule has 0 aromatic carbocycles. The van der Waals surface area contributed by atoms with Crippen molar-refractivity contribution in [3.05, 3.63) is 29.8 Å². The smallest absolute Gasteiger partial charge is 0.323 e. The molecule has 0 fully saturated rings. The quantitative estimate of drug-likeness (QED) is 0.606. The first kappa shape index (κ1) is 12.6. The molecule has 5 nitrogen and oxygen atoms in total. The number of carbonyl (C=O) groups excluding carboxylic acids is 1. The van der Waals surface area contributed by atoms with E-state index < -0.39 is 24.4 Å². The molecule has 1 aromatic heterocycles. The van der Waals surface area contributed by atoms with Gasteiger partial charge in [-0.3, -0.25) is 9.59 Å². The second-order valence-electron chi connectivity index (χ2n) is 3.13. The average molecular weight is 236 g/mol. The molecule has 1 aromatic rings. The summed E-state index contributed by atoms with van der Waals surface area (Å²) in [6.45, 7) is -0.650. The number of pyridine rings is 1. The van der Waals surface area contributed by atoms with Crippen molar-refractivity contribution in [1.29, 1.82) is 0 Å². The van der Waals surface area contributed by atoms with Crippen molar-refractivity contribution in [1.82, 2.24) is 9.88 Å². The van der Waals surface area contributed by atoms with Crippen LogP contribution < -0.4 is 0 Å². The summed E-state index contributed by atoms with van der Waals surface area (Å²) in [5.74, 6) is -0.313. The van der Waals surface area contributed by atoms with Crippen LogP contribution >= 0.6 is 0 Å². The van der Waals surface area contributed by atoms with Crippen molar-refractivity contribution < 1.29 is 19.1 Å². The van der Waals surface area contributed by atoms with Gasteiger partial charge in [-0.2, -0.15) is 4.39 Å². The van der Waals surface area contributed by atoms with Crippen LogP contribution in [0.1, 0.15) is 10.4 Å². The molecule has 0 saturated heterocycles. The lowest BCUT2D eigenvalue weighted by Crippen LogP contribution is -2.36. The van der Waals surface area contributed by atoms with Gasteiger partial charge in [0.05, 0.1) is 12.1 Å². The molecule has 0 bridgehead atoms. The van der Waals surface area contributed by atoms with E-state index in [1.807, 2.05) is 0 Å². The minimum absolute atomic E-state index is 0.0860.